The van der Waals surface area contributed by atoms with Crippen LogP contribution in [0.1, 0.15) is 25.7 Å². The molecule has 3 nitrogen and oxygen atoms in total. The number of ether oxygens (including phenoxy) is 1. The Morgan fingerprint density at radius 1 is 0.864 bits per heavy atom. The molecule has 2 bridgehead atoms. The molecule has 3 rings (SSSR count). The molecule has 0 N–H and O–H groups in total. The van der Waals surface area contributed by atoms with Crippen LogP contribution in [0.2, 0.25) is 0 Å². The zero-order valence-corrected chi connectivity index (χ0v) is 11.3. The third-order valence-electron chi connectivity index (χ3n) is 4.32. The first-order valence-corrected chi connectivity index (χ1v) is 6.84. The van der Waals surface area contributed by atoms with Gasteiger partial charge >= 0.3 is 0 Å². The van der Waals surface area contributed by atoms with Crippen molar-refractivity contribution in [1.29, 1.82) is 0 Å². The lowest BCUT2D eigenvalue weighted by atomic mass is 10.0. The minimum absolute atomic E-state index is 0.123. The van der Waals surface area contributed by atoms with Gasteiger partial charge in [0, 0.05) is 24.9 Å². The molecule has 0 aliphatic carbocycles. The lowest BCUT2D eigenvalue weighted by Gasteiger charge is -2.36. The van der Waals surface area contributed by atoms with Gasteiger partial charge in [0.05, 0.1) is 0 Å². The molecule has 0 radical (unpaired) electrons. The average molecular weight is 321 g/mol. The van der Waals surface area contributed by atoms with Crippen LogP contribution in [-0.2, 0) is 4.79 Å². The van der Waals surface area contributed by atoms with Gasteiger partial charge in [-0.25, -0.2) is 13.2 Å². The number of piperidine rings is 1. The highest BCUT2D eigenvalue weighted by atomic mass is 19.2. The van der Waals surface area contributed by atoms with Crippen LogP contribution in [-0.4, -0.2) is 29.5 Å². The summed E-state index contributed by atoms with van der Waals surface area (Å²) in [5.74, 6) is -11.5. The molecule has 0 spiro atoms. The van der Waals surface area contributed by atoms with Crippen molar-refractivity contribution in [2.24, 2.45) is 0 Å². The van der Waals surface area contributed by atoms with E-state index in [1.807, 2.05) is 0 Å². The van der Waals surface area contributed by atoms with Crippen molar-refractivity contribution in [3.05, 3.63) is 29.1 Å². The van der Waals surface area contributed by atoms with Crippen molar-refractivity contribution in [2.45, 2.75) is 43.9 Å². The third-order valence-corrected chi connectivity index (χ3v) is 4.32. The van der Waals surface area contributed by atoms with E-state index in [4.69, 9.17) is 4.74 Å². The molecule has 2 atom stereocenters. The number of fused-ring (bicyclic) bond motifs is 2. The molecule has 2 unspecified atom stereocenters. The van der Waals surface area contributed by atoms with Gasteiger partial charge in [-0.3, -0.25) is 4.79 Å². The molecule has 0 saturated carbocycles. The summed E-state index contributed by atoms with van der Waals surface area (Å²) in [6, 6.07) is -0.245. The number of carbonyl (C=O) groups excluding carboxylic acids is 1. The van der Waals surface area contributed by atoms with Gasteiger partial charge in [-0.1, -0.05) is 0 Å². The Hall–Kier alpha value is -1.86. The number of rotatable bonds is 3. The largest absolute Gasteiger partial charge is 0.484 e. The molecule has 2 saturated heterocycles. The monoisotopic (exact) mass is 321 g/mol. The molecular formula is C14H12F5NO2. The van der Waals surface area contributed by atoms with E-state index < -0.39 is 40.9 Å². The number of amides is 1. The number of hydrogen-bond acceptors (Lipinski definition) is 2. The van der Waals surface area contributed by atoms with Gasteiger partial charge in [-0.2, -0.15) is 8.78 Å². The van der Waals surface area contributed by atoms with Crippen LogP contribution in [0.3, 0.4) is 0 Å². The van der Waals surface area contributed by atoms with Crippen molar-refractivity contribution in [1.82, 2.24) is 4.90 Å². The maximum atomic E-state index is 13.6. The summed E-state index contributed by atoms with van der Waals surface area (Å²) in [4.78, 5) is 12.6. The molecule has 0 aromatic heterocycles. The van der Waals surface area contributed by atoms with Crippen LogP contribution in [0.25, 0.3) is 0 Å². The smallest absolute Gasteiger partial charge is 0.210 e. The molecule has 2 heterocycles. The summed E-state index contributed by atoms with van der Waals surface area (Å²) in [7, 11) is 0. The number of benzene rings is 1. The standard InChI is InChI=1S/C14H12F5NO2/c15-9-10(16)12(18)14(13(19)11(9)17)22-8-3-6-1-2-7(4-8)20(6)5-21/h5-8H,1-4H2. The summed E-state index contributed by atoms with van der Waals surface area (Å²) < 4.78 is 71.5. The Morgan fingerprint density at radius 2 is 1.32 bits per heavy atom. The molecule has 1 amide bonds. The summed E-state index contributed by atoms with van der Waals surface area (Å²) in [5, 5.41) is 0. The van der Waals surface area contributed by atoms with Crippen LogP contribution in [0, 0.1) is 29.1 Å². The molecular weight excluding hydrogens is 309 g/mol. The van der Waals surface area contributed by atoms with Crippen LogP contribution < -0.4 is 4.74 Å². The topological polar surface area (TPSA) is 29.5 Å². The number of carbonyl (C=O) groups is 1. The summed E-state index contributed by atoms with van der Waals surface area (Å²) in [6.45, 7) is 0. The maximum Gasteiger partial charge on any atom is 0.210 e. The zero-order valence-electron chi connectivity index (χ0n) is 11.3. The fourth-order valence-electron chi connectivity index (χ4n) is 3.29. The van der Waals surface area contributed by atoms with E-state index in [0.717, 1.165) is 19.3 Å². The van der Waals surface area contributed by atoms with Gasteiger partial charge in [-0.05, 0) is 12.8 Å². The van der Waals surface area contributed by atoms with Gasteiger partial charge in [-0.15, -0.1) is 0 Å². The van der Waals surface area contributed by atoms with Crippen molar-refractivity contribution < 1.29 is 31.5 Å². The highest BCUT2D eigenvalue weighted by molar-refractivity contribution is 5.50. The summed E-state index contributed by atoms with van der Waals surface area (Å²) >= 11 is 0. The highest BCUT2D eigenvalue weighted by Crippen LogP contribution is 2.38. The van der Waals surface area contributed by atoms with Crippen molar-refractivity contribution in [3.63, 3.8) is 0 Å². The highest BCUT2D eigenvalue weighted by Gasteiger charge is 2.41. The molecule has 22 heavy (non-hydrogen) atoms. The SMILES string of the molecule is O=CN1C2CCC1CC(Oc1c(F)c(F)c(F)c(F)c1F)C2. The van der Waals surface area contributed by atoms with Crippen LogP contribution in [0.15, 0.2) is 0 Å². The Balaban J connectivity index is 1.85. The minimum Gasteiger partial charge on any atom is -0.484 e. The first kappa shape index (κ1) is 15.1. The second kappa shape index (κ2) is 5.40. The molecule has 2 aliphatic heterocycles. The van der Waals surface area contributed by atoms with Gasteiger partial charge in [0.25, 0.3) is 0 Å². The van der Waals surface area contributed by atoms with E-state index in [2.05, 4.69) is 0 Å². The third kappa shape index (κ3) is 2.21. The first-order valence-electron chi connectivity index (χ1n) is 6.84. The molecule has 2 aliphatic rings. The van der Waals surface area contributed by atoms with Gasteiger partial charge in [0.15, 0.2) is 5.75 Å². The van der Waals surface area contributed by atoms with E-state index in [0.29, 0.717) is 12.8 Å². The van der Waals surface area contributed by atoms with Gasteiger partial charge in [0.2, 0.25) is 35.5 Å². The number of hydrogen-bond donors (Lipinski definition) is 0. The van der Waals surface area contributed by atoms with Gasteiger partial charge in [0.1, 0.15) is 6.10 Å². The Labute approximate surface area is 122 Å². The molecule has 8 heteroatoms. The quantitative estimate of drug-likeness (QED) is 0.371. The Bertz CT molecular complexity index is 581. The molecule has 2 fully saturated rings. The Morgan fingerprint density at radius 3 is 1.77 bits per heavy atom. The fourth-order valence-corrected chi connectivity index (χ4v) is 3.29. The molecule has 1 aromatic rings. The molecule has 1 aromatic carbocycles. The van der Waals surface area contributed by atoms with Gasteiger partial charge < -0.3 is 9.64 Å². The van der Waals surface area contributed by atoms with Crippen molar-refractivity contribution in [3.8, 4) is 5.75 Å². The normalized spacial score (nSPS) is 27.1. The van der Waals surface area contributed by atoms with Crippen molar-refractivity contribution in [2.75, 3.05) is 0 Å². The predicted molar refractivity (Wildman–Crippen MR) is 64.6 cm³/mol. The van der Waals surface area contributed by atoms with E-state index in [1.54, 1.807) is 4.90 Å². The van der Waals surface area contributed by atoms with Crippen LogP contribution in [0.5, 0.6) is 5.75 Å². The second-order valence-electron chi connectivity index (χ2n) is 5.55. The maximum absolute atomic E-state index is 13.6. The lowest BCUT2D eigenvalue weighted by molar-refractivity contribution is -0.123. The first-order chi connectivity index (χ1) is 10.4. The van der Waals surface area contributed by atoms with Crippen LogP contribution >= 0.6 is 0 Å². The molecule has 120 valence electrons. The average Bonchev–Trinajstić information content (AvgIpc) is 2.77. The summed E-state index contributed by atoms with van der Waals surface area (Å²) in [6.07, 6.45) is 2.10. The Kier molecular flexibility index (Phi) is 3.70. The van der Waals surface area contributed by atoms with Crippen molar-refractivity contribution >= 4 is 6.41 Å². The predicted octanol–water partition coefficient (Wildman–Crippen LogP) is 2.91. The van der Waals surface area contributed by atoms with E-state index >= 15 is 0 Å². The minimum atomic E-state index is -2.21. The fraction of sp³-hybridized carbons (Fsp3) is 0.500. The second-order valence-corrected chi connectivity index (χ2v) is 5.55. The number of nitrogens with zero attached hydrogens (tertiary/aromatic N) is 1. The zero-order chi connectivity index (χ0) is 16.0. The number of halogens is 5. The van der Waals surface area contributed by atoms with E-state index in [9.17, 15) is 26.7 Å². The van der Waals surface area contributed by atoms with E-state index in [-0.39, 0.29) is 12.1 Å². The van der Waals surface area contributed by atoms with E-state index in [1.165, 1.54) is 0 Å². The lowest BCUT2D eigenvalue weighted by Crippen LogP contribution is -2.45. The van der Waals surface area contributed by atoms with Crippen LogP contribution in [0.4, 0.5) is 22.0 Å². The summed E-state index contributed by atoms with van der Waals surface area (Å²) in [5.41, 5.74) is 0.